The van der Waals surface area contributed by atoms with Crippen LogP contribution < -0.4 is 0 Å². The highest BCUT2D eigenvalue weighted by molar-refractivity contribution is 5.68. The molecule has 0 bridgehead atoms. The van der Waals surface area contributed by atoms with Crippen LogP contribution in [0.3, 0.4) is 0 Å². The molecule has 0 aromatic rings. The lowest BCUT2D eigenvalue weighted by Crippen LogP contribution is -2.64. The predicted molar refractivity (Wildman–Crippen MR) is 158 cm³/mol. The van der Waals surface area contributed by atoms with Crippen molar-refractivity contribution < 1.29 is 64.2 Å². The zero-order valence-electron chi connectivity index (χ0n) is 26.2. The minimum atomic E-state index is -1.71. The number of hydrogen-bond donors (Lipinski definition) is 7. The maximum Gasteiger partial charge on any atom is 0.305 e. The third-order valence-electron chi connectivity index (χ3n) is 8.21. The van der Waals surface area contributed by atoms with E-state index in [0.717, 1.165) is 64.2 Å². The van der Waals surface area contributed by atoms with Gasteiger partial charge in [-0.2, -0.15) is 0 Å². The lowest BCUT2D eigenvalue weighted by atomic mass is 9.97. The average molecular weight is 637 g/mol. The van der Waals surface area contributed by atoms with Crippen molar-refractivity contribution >= 4 is 5.97 Å². The van der Waals surface area contributed by atoms with Crippen molar-refractivity contribution in [1.29, 1.82) is 0 Å². The summed E-state index contributed by atoms with van der Waals surface area (Å²) < 4.78 is 27.4. The Morgan fingerprint density at radius 3 is 1.82 bits per heavy atom. The Bertz CT molecular complexity index is 797. The van der Waals surface area contributed by atoms with Crippen molar-refractivity contribution in [2.75, 3.05) is 20.3 Å². The second kappa shape index (κ2) is 21.5. The molecule has 0 saturated carbocycles. The summed E-state index contributed by atoms with van der Waals surface area (Å²) >= 11 is 0. The van der Waals surface area contributed by atoms with Crippen molar-refractivity contribution in [1.82, 2.24) is 0 Å². The molecule has 0 aromatic carbocycles. The van der Waals surface area contributed by atoms with Gasteiger partial charge in [0, 0.05) is 6.42 Å². The minimum Gasteiger partial charge on any atom is -0.469 e. The van der Waals surface area contributed by atoms with Gasteiger partial charge in [0.05, 0.1) is 26.4 Å². The fraction of sp³-hybridized carbons (Fsp3) is 0.903. The molecule has 7 N–H and O–H groups in total. The molecule has 0 aromatic heterocycles. The Labute approximate surface area is 260 Å². The number of allylic oxidation sites excluding steroid dienone is 2. The second-order valence-corrected chi connectivity index (χ2v) is 11.8. The number of carbonyl (C=O) groups is 1. The molecule has 2 fully saturated rings. The van der Waals surface area contributed by atoms with Crippen LogP contribution in [0.5, 0.6) is 0 Å². The number of esters is 1. The largest absolute Gasteiger partial charge is 0.469 e. The number of hydrogen-bond acceptors (Lipinski definition) is 13. The molecular formula is C31H56O13. The van der Waals surface area contributed by atoms with Gasteiger partial charge in [-0.1, -0.05) is 50.7 Å². The molecule has 0 spiro atoms. The van der Waals surface area contributed by atoms with Crippen LogP contribution in [-0.4, -0.2) is 130 Å². The van der Waals surface area contributed by atoms with Crippen LogP contribution >= 0.6 is 0 Å². The van der Waals surface area contributed by atoms with Crippen LogP contribution in [0.2, 0.25) is 0 Å². The Balaban J connectivity index is 1.68. The van der Waals surface area contributed by atoms with Gasteiger partial charge in [0.15, 0.2) is 12.6 Å². The van der Waals surface area contributed by atoms with Gasteiger partial charge in [-0.3, -0.25) is 4.79 Å². The molecule has 2 rings (SSSR count). The molecule has 2 saturated heterocycles. The van der Waals surface area contributed by atoms with Crippen molar-refractivity contribution in [2.24, 2.45) is 0 Å². The summed E-state index contributed by atoms with van der Waals surface area (Å²) in [5.74, 6) is -0.139. The first-order valence-electron chi connectivity index (χ1n) is 16.1. The number of rotatable bonds is 21. The molecule has 13 heteroatoms. The number of ether oxygens (including phenoxy) is 5. The molecule has 0 radical (unpaired) electrons. The molecular weight excluding hydrogens is 580 g/mol. The first-order chi connectivity index (χ1) is 21.1. The highest BCUT2D eigenvalue weighted by atomic mass is 16.8. The van der Waals surface area contributed by atoms with Crippen LogP contribution in [-0.2, 0) is 28.5 Å². The zero-order valence-corrected chi connectivity index (χ0v) is 26.2. The van der Waals surface area contributed by atoms with E-state index in [-0.39, 0.29) is 12.1 Å². The van der Waals surface area contributed by atoms with Crippen molar-refractivity contribution in [3.05, 3.63) is 12.2 Å². The van der Waals surface area contributed by atoms with E-state index in [1.165, 1.54) is 13.5 Å². The predicted octanol–water partition coefficient (Wildman–Crippen LogP) is 0.816. The van der Waals surface area contributed by atoms with Crippen molar-refractivity contribution in [3.8, 4) is 0 Å². The van der Waals surface area contributed by atoms with E-state index in [4.69, 9.17) is 18.9 Å². The van der Waals surface area contributed by atoms with E-state index in [0.29, 0.717) is 12.8 Å². The number of unbranched alkanes of at least 4 members (excludes halogenated alkanes) is 9. The Morgan fingerprint density at radius 1 is 0.705 bits per heavy atom. The lowest BCUT2D eigenvalue weighted by Gasteiger charge is -2.46. The van der Waals surface area contributed by atoms with Gasteiger partial charge in [0.2, 0.25) is 0 Å². The molecule has 44 heavy (non-hydrogen) atoms. The smallest absolute Gasteiger partial charge is 0.305 e. The van der Waals surface area contributed by atoms with E-state index in [1.807, 2.05) is 6.92 Å². The quantitative estimate of drug-likeness (QED) is 0.0530. The van der Waals surface area contributed by atoms with Crippen molar-refractivity contribution in [3.63, 3.8) is 0 Å². The minimum absolute atomic E-state index is 0.139. The summed E-state index contributed by atoms with van der Waals surface area (Å²) in [4.78, 5) is 11.1. The fourth-order valence-electron chi connectivity index (χ4n) is 5.39. The monoisotopic (exact) mass is 636 g/mol. The first kappa shape index (κ1) is 39.0. The highest BCUT2D eigenvalue weighted by Gasteiger charge is 2.51. The molecule has 11 unspecified atom stereocenters. The Hall–Kier alpha value is -1.23. The van der Waals surface area contributed by atoms with Gasteiger partial charge in [-0.25, -0.2) is 0 Å². The Kier molecular flexibility index (Phi) is 19.1. The molecule has 2 aliphatic heterocycles. The van der Waals surface area contributed by atoms with Crippen LogP contribution in [0.15, 0.2) is 12.2 Å². The van der Waals surface area contributed by atoms with Crippen LogP contribution in [0.4, 0.5) is 0 Å². The zero-order chi connectivity index (χ0) is 32.5. The van der Waals surface area contributed by atoms with E-state index < -0.39 is 74.6 Å². The molecule has 2 heterocycles. The maximum absolute atomic E-state index is 11.1. The molecule has 13 nitrogen and oxygen atoms in total. The fourth-order valence-corrected chi connectivity index (χ4v) is 5.39. The van der Waals surface area contributed by atoms with Gasteiger partial charge < -0.3 is 59.4 Å². The molecule has 0 amide bonds. The molecule has 0 aliphatic carbocycles. The normalized spacial score (nSPS) is 33.5. The number of aliphatic hydroxyl groups excluding tert-OH is 7. The number of aliphatic hydroxyl groups is 7. The van der Waals surface area contributed by atoms with Crippen LogP contribution in [0.25, 0.3) is 0 Å². The number of methoxy groups -OCH3 is 1. The summed E-state index contributed by atoms with van der Waals surface area (Å²) in [5, 5.41) is 70.7. The van der Waals surface area contributed by atoms with Gasteiger partial charge in [-0.15, -0.1) is 0 Å². The molecule has 2 aliphatic rings. The lowest BCUT2D eigenvalue weighted by molar-refractivity contribution is -0.371. The Morgan fingerprint density at radius 2 is 1.23 bits per heavy atom. The standard InChI is InChI=1S/C31H56O13/c1-20(16-14-12-10-8-6-4-3-5-7-9-11-13-15-17-23(34)40-2)41-31-29(27(38)25(36)22(19-33)43-31)44-30-28(39)26(37)24(35)21(18-32)42-30/h3-4,20-22,24-33,35-39H,5-19H2,1-2H3/b4-3-. The topological polar surface area (TPSA) is 205 Å². The van der Waals surface area contributed by atoms with Crippen LogP contribution in [0.1, 0.15) is 90.4 Å². The third kappa shape index (κ3) is 12.9. The highest BCUT2D eigenvalue weighted by Crippen LogP contribution is 2.30. The van der Waals surface area contributed by atoms with E-state index >= 15 is 0 Å². The van der Waals surface area contributed by atoms with E-state index in [2.05, 4.69) is 16.9 Å². The van der Waals surface area contributed by atoms with Gasteiger partial charge in [-0.05, 0) is 45.4 Å². The average Bonchev–Trinajstić information content (AvgIpc) is 3.02. The van der Waals surface area contributed by atoms with Gasteiger partial charge >= 0.3 is 5.97 Å². The third-order valence-corrected chi connectivity index (χ3v) is 8.21. The SMILES string of the molecule is COC(=O)CCCCCCC/C=C\CCCCCCC(C)OC1OC(CO)C(O)C(O)C1OC1OC(CO)C(O)C(O)C1O. The van der Waals surface area contributed by atoms with E-state index in [1.54, 1.807) is 0 Å². The van der Waals surface area contributed by atoms with Gasteiger partial charge in [0.1, 0.15) is 48.8 Å². The van der Waals surface area contributed by atoms with Crippen LogP contribution in [0, 0.1) is 0 Å². The summed E-state index contributed by atoms with van der Waals surface area (Å²) in [6, 6.07) is 0. The molecule has 258 valence electrons. The summed E-state index contributed by atoms with van der Waals surface area (Å²) in [6.07, 6.45) is 2.26. The first-order valence-corrected chi connectivity index (χ1v) is 16.1. The molecule has 11 atom stereocenters. The summed E-state index contributed by atoms with van der Waals surface area (Å²) in [6.45, 7) is 0.604. The number of carbonyl (C=O) groups excluding carboxylic acids is 1. The second-order valence-electron chi connectivity index (χ2n) is 11.8. The van der Waals surface area contributed by atoms with Crippen molar-refractivity contribution in [2.45, 2.75) is 158 Å². The van der Waals surface area contributed by atoms with Gasteiger partial charge in [0.25, 0.3) is 0 Å². The summed E-state index contributed by atoms with van der Waals surface area (Å²) in [7, 11) is 1.42. The maximum atomic E-state index is 11.1. The van der Waals surface area contributed by atoms with E-state index in [9.17, 15) is 40.5 Å². The summed E-state index contributed by atoms with van der Waals surface area (Å²) in [5.41, 5.74) is 0.